The molecule has 3 N–H and O–H groups in total. The number of H-pyrrole nitrogens is 2. The Morgan fingerprint density at radius 2 is 1.45 bits per heavy atom. The Hall–Kier alpha value is -3.20. The lowest BCUT2D eigenvalue weighted by molar-refractivity contribution is -2.00. The predicted octanol–water partition coefficient (Wildman–Crippen LogP) is -0.0950. The van der Waals surface area contributed by atoms with E-state index in [4.69, 9.17) is 18.6 Å². The number of aromatic nitrogens is 2. The highest BCUT2D eigenvalue weighted by atomic mass is 35.7. The van der Waals surface area contributed by atoms with Crippen LogP contribution in [0.3, 0.4) is 0 Å². The SMILES string of the molecule is Oc1ccc(-c2cc3[nH]c4ccccc4c3c3[nH+]cccc23)cc1.[O-][Cl+3]([O-])([O-])[O-]. The number of phenolic OH excluding ortho intramolecular Hbond substituents is 1. The number of para-hydroxylation sites is 1. The van der Waals surface area contributed by atoms with E-state index in [1.165, 1.54) is 16.2 Å². The zero-order chi connectivity index (χ0) is 20.6. The Morgan fingerprint density at radius 1 is 0.793 bits per heavy atom. The van der Waals surface area contributed by atoms with Gasteiger partial charge < -0.3 is 10.1 Å². The molecular weight excluding hydrogens is 396 g/mol. The zero-order valence-corrected chi connectivity index (χ0v) is 15.6. The quantitative estimate of drug-likeness (QED) is 0.397. The van der Waals surface area contributed by atoms with Crippen molar-refractivity contribution in [2.75, 3.05) is 0 Å². The third-order valence-corrected chi connectivity index (χ3v) is 4.60. The molecule has 5 rings (SSSR count). The minimum atomic E-state index is -4.94. The van der Waals surface area contributed by atoms with Crippen LogP contribution in [0.1, 0.15) is 0 Å². The standard InChI is InChI=1S/C21H14N2O.ClHO4/c24-14-9-7-13(8-10-14)17-12-19-20(21-15(17)5-3-11-22-21)16-4-1-2-6-18(16)23-19;2-1(3,4)5/h1-12,23-24H;(H,2,3,4,5). The molecule has 2 aromatic heterocycles. The molecule has 7 nitrogen and oxygen atoms in total. The molecule has 2 heterocycles. The van der Waals surface area contributed by atoms with Crippen LogP contribution in [-0.4, -0.2) is 10.1 Å². The third-order valence-electron chi connectivity index (χ3n) is 4.60. The molecule has 0 atom stereocenters. The van der Waals surface area contributed by atoms with Crippen molar-refractivity contribution >= 4 is 32.7 Å². The number of rotatable bonds is 1. The molecule has 8 heteroatoms. The molecule has 0 amide bonds. The van der Waals surface area contributed by atoms with E-state index in [-0.39, 0.29) is 5.75 Å². The molecule has 29 heavy (non-hydrogen) atoms. The van der Waals surface area contributed by atoms with Gasteiger partial charge in [-0.15, -0.1) is 10.2 Å². The van der Waals surface area contributed by atoms with Crippen molar-refractivity contribution in [3.63, 3.8) is 0 Å². The summed E-state index contributed by atoms with van der Waals surface area (Å²) >= 11 is 0. The van der Waals surface area contributed by atoms with Gasteiger partial charge in [-0.1, -0.05) is 30.3 Å². The first-order valence-electron chi connectivity index (χ1n) is 8.56. The van der Waals surface area contributed by atoms with Gasteiger partial charge in [-0.05, 0) is 41.5 Å². The van der Waals surface area contributed by atoms with Gasteiger partial charge in [-0.3, -0.25) is 0 Å². The summed E-state index contributed by atoms with van der Waals surface area (Å²) in [6.07, 6.45) is 1.96. The first-order valence-corrected chi connectivity index (χ1v) is 9.80. The summed E-state index contributed by atoms with van der Waals surface area (Å²) in [7, 11) is -4.94. The number of nitrogens with one attached hydrogen (secondary N) is 2. The number of fused-ring (bicyclic) bond motifs is 5. The number of pyridine rings is 1. The van der Waals surface area contributed by atoms with E-state index in [2.05, 4.69) is 40.3 Å². The highest BCUT2D eigenvalue weighted by Crippen LogP contribution is 2.36. The summed E-state index contributed by atoms with van der Waals surface area (Å²) in [5.41, 5.74) is 5.58. The van der Waals surface area contributed by atoms with Gasteiger partial charge in [-0.25, -0.2) is 23.6 Å². The summed E-state index contributed by atoms with van der Waals surface area (Å²) in [4.78, 5) is 6.95. The molecule has 0 fully saturated rings. The van der Waals surface area contributed by atoms with Gasteiger partial charge in [0.25, 0.3) is 0 Å². The molecule has 0 saturated carbocycles. The van der Waals surface area contributed by atoms with E-state index in [9.17, 15) is 5.11 Å². The largest absolute Gasteiger partial charge is 0.508 e. The first-order chi connectivity index (χ1) is 13.8. The Labute approximate surface area is 166 Å². The van der Waals surface area contributed by atoms with Crippen molar-refractivity contribution in [3.8, 4) is 16.9 Å². The number of halogens is 1. The summed E-state index contributed by atoms with van der Waals surface area (Å²) < 4.78 is 34.0. The Balaban J connectivity index is 0.000000369. The minimum absolute atomic E-state index is 0.279. The van der Waals surface area contributed by atoms with Crippen molar-refractivity contribution in [3.05, 3.63) is 72.9 Å². The van der Waals surface area contributed by atoms with E-state index >= 15 is 0 Å². The molecule has 0 spiro atoms. The Morgan fingerprint density at radius 3 is 2.17 bits per heavy atom. The van der Waals surface area contributed by atoms with E-state index in [0.29, 0.717) is 0 Å². The second-order valence-electron chi connectivity index (χ2n) is 6.40. The summed E-state index contributed by atoms with van der Waals surface area (Å²) in [6, 6.07) is 22.1. The van der Waals surface area contributed by atoms with E-state index < -0.39 is 10.2 Å². The molecule has 0 aliphatic heterocycles. The summed E-state index contributed by atoms with van der Waals surface area (Å²) in [5, 5.41) is 13.2. The lowest BCUT2D eigenvalue weighted by Gasteiger charge is -2.17. The molecule has 5 aromatic rings. The molecule has 146 valence electrons. The van der Waals surface area contributed by atoms with Crippen LogP contribution in [0.25, 0.3) is 43.8 Å². The van der Waals surface area contributed by atoms with Crippen LogP contribution in [0.4, 0.5) is 0 Å². The lowest BCUT2D eigenvalue weighted by atomic mass is 9.97. The smallest absolute Gasteiger partial charge is 0.221 e. The molecule has 0 saturated heterocycles. The number of aromatic amines is 2. The average Bonchev–Trinajstić information content (AvgIpc) is 3.05. The molecule has 3 aromatic carbocycles. The van der Waals surface area contributed by atoms with Crippen molar-refractivity contribution in [1.29, 1.82) is 0 Å². The zero-order valence-electron chi connectivity index (χ0n) is 14.9. The van der Waals surface area contributed by atoms with Gasteiger partial charge in [-0.2, -0.15) is 0 Å². The van der Waals surface area contributed by atoms with Gasteiger partial charge in [0.1, 0.15) is 5.75 Å². The maximum atomic E-state index is 9.57. The van der Waals surface area contributed by atoms with Crippen LogP contribution in [0, 0.1) is 10.2 Å². The maximum Gasteiger partial charge on any atom is 0.221 e. The Kier molecular flexibility index (Phi) is 4.83. The van der Waals surface area contributed by atoms with Gasteiger partial charge in [0.05, 0.1) is 16.3 Å². The van der Waals surface area contributed by atoms with E-state index in [1.54, 1.807) is 12.1 Å². The lowest BCUT2D eigenvalue weighted by Crippen LogP contribution is -2.68. The third kappa shape index (κ3) is 4.00. The van der Waals surface area contributed by atoms with Crippen LogP contribution in [0.5, 0.6) is 5.75 Å². The first kappa shape index (κ1) is 19.1. The Bertz CT molecular complexity index is 1300. The van der Waals surface area contributed by atoms with Gasteiger partial charge in [0.15, 0.2) is 6.20 Å². The van der Waals surface area contributed by atoms with Gasteiger partial charge in [0, 0.05) is 17.0 Å². The fourth-order valence-electron chi connectivity index (χ4n) is 3.51. The fraction of sp³-hybridized carbons (Fsp3) is 0. The highest BCUT2D eigenvalue weighted by molar-refractivity contribution is 6.20. The maximum absolute atomic E-state index is 9.57. The number of hydrogen-bond acceptors (Lipinski definition) is 5. The van der Waals surface area contributed by atoms with Crippen LogP contribution < -0.4 is 23.6 Å². The number of phenols is 1. The topological polar surface area (TPSA) is 142 Å². The number of benzene rings is 3. The normalized spacial score (nSPS) is 11.6. The van der Waals surface area contributed by atoms with Crippen LogP contribution in [0.2, 0.25) is 0 Å². The molecule has 0 unspecified atom stereocenters. The summed E-state index contributed by atoms with van der Waals surface area (Å²) in [5.74, 6) is 0.279. The van der Waals surface area contributed by atoms with E-state index in [0.717, 1.165) is 27.7 Å². The highest BCUT2D eigenvalue weighted by Gasteiger charge is 2.16. The minimum Gasteiger partial charge on any atom is -0.508 e. The van der Waals surface area contributed by atoms with E-state index in [1.807, 2.05) is 30.5 Å². The van der Waals surface area contributed by atoms with Crippen molar-refractivity contribution in [1.82, 2.24) is 4.98 Å². The van der Waals surface area contributed by atoms with Gasteiger partial charge in [0.2, 0.25) is 5.52 Å². The molecule has 0 aliphatic carbocycles. The second kappa shape index (κ2) is 7.32. The second-order valence-corrected chi connectivity index (χ2v) is 7.16. The van der Waals surface area contributed by atoms with Crippen LogP contribution >= 0.6 is 0 Å². The van der Waals surface area contributed by atoms with Crippen LogP contribution in [0.15, 0.2) is 72.9 Å². The average molecular weight is 411 g/mol. The van der Waals surface area contributed by atoms with Crippen LogP contribution in [-0.2, 0) is 0 Å². The number of hydrogen-bond donors (Lipinski definition) is 2. The van der Waals surface area contributed by atoms with Crippen molar-refractivity contribution in [2.45, 2.75) is 0 Å². The predicted molar refractivity (Wildman–Crippen MR) is 97.0 cm³/mol. The monoisotopic (exact) mass is 410 g/mol. The van der Waals surface area contributed by atoms with Crippen molar-refractivity contribution < 1.29 is 39.0 Å². The molecule has 0 aliphatic rings. The number of aromatic hydroxyl groups is 1. The molecule has 0 bridgehead atoms. The van der Waals surface area contributed by atoms with Crippen molar-refractivity contribution in [2.24, 2.45) is 0 Å². The molecular formula is C21H15ClN2O5. The summed E-state index contributed by atoms with van der Waals surface area (Å²) in [6.45, 7) is 0. The molecule has 0 radical (unpaired) electrons. The fourth-order valence-corrected chi connectivity index (χ4v) is 3.51. The van der Waals surface area contributed by atoms with Gasteiger partial charge >= 0.3 is 0 Å².